The van der Waals surface area contributed by atoms with Gasteiger partial charge >= 0.3 is 0 Å². The molecule has 1 N–H and O–H groups in total. The molecule has 1 aromatic rings. The minimum atomic E-state index is -3.65. The van der Waals surface area contributed by atoms with Gasteiger partial charge in [0.2, 0.25) is 0 Å². The van der Waals surface area contributed by atoms with Crippen molar-refractivity contribution in [3.8, 4) is 0 Å². The third-order valence-corrected chi connectivity index (χ3v) is 4.56. The molecule has 2 rings (SSSR count). The van der Waals surface area contributed by atoms with E-state index in [2.05, 4.69) is 5.32 Å². The molecule has 0 saturated carbocycles. The lowest BCUT2D eigenvalue weighted by atomic mass is 10.1. The van der Waals surface area contributed by atoms with Crippen LogP contribution in [0.2, 0.25) is 0 Å². The lowest BCUT2D eigenvalue weighted by Gasteiger charge is -2.13. The maximum atomic E-state index is 12.1. The zero-order valence-corrected chi connectivity index (χ0v) is 10.5. The van der Waals surface area contributed by atoms with Crippen molar-refractivity contribution in [3.05, 3.63) is 23.8 Å². The molecule has 1 aliphatic rings. The minimum absolute atomic E-state index is 0.0998. The predicted octanol–water partition coefficient (Wildman–Crippen LogP) is 1.28. The van der Waals surface area contributed by atoms with Crippen molar-refractivity contribution in [1.82, 2.24) is 4.31 Å². The summed E-state index contributed by atoms with van der Waals surface area (Å²) in [4.78, 5) is 12.2. The standard InChI is InChI=1S/C11H14N2O3S/c1-3-7-13-11(14)10-8(12-2)5-4-6-9(10)17(13,15)16/h4-6,12H,3,7H2,1-2H3. The molecule has 0 spiro atoms. The van der Waals surface area contributed by atoms with Gasteiger partial charge in [-0.15, -0.1) is 0 Å². The zero-order valence-electron chi connectivity index (χ0n) is 9.73. The number of amides is 1. The van der Waals surface area contributed by atoms with Crippen LogP contribution in [0.15, 0.2) is 23.1 Å². The highest BCUT2D eigenvalue weighted by Crippen LogP contribution is 2.34. The normalized spacial score (nSPS) is 17.1. The van der Waals surface area contributed by atoms with Gasteiger partial charge < -0.3 is 5.32 Å². The number of hydrogen-bond donors (Lipinski definition) is 1. The van der Waals surface area contributed by atoms with E-state index in [1.165, 1.54) is 6.07 Å². The van der Waals surface area contributed by atoms with E-state index in [4.69, 9.17) is 0 Å². The van der Waals surface area contributed by atoms with Crippen molar-refractivity contribution in [1.29, 1.82) is 0 Å². The summed E-state index contributed by atoms with van der Waals surface area (Å²) in [7, 11) is -1.98. The largest absolute Gasteiger partial charge is 0.387 e. The van der Waals surface area contributed by atoms with Crippen LogP contribution in [0, 0.1) is 0 Å². The Morgan fingerprint density at radius 2 is 2.06 bits per heavy atom. The number of nitrogens with zero attached hydrogens (tertiary/aromatic N) is 1. The number of fused-ring (bicyclic) bond motifs is 1. The second-order valence-corrected chi connectivity index (χ2v) is 5.64. The van der Waals surface area contributed by atoms with E-state index < -0.39 is 15.9 Å². The first-order chi connectivity index (χ1) is 8.04. The highest BCUT2D eigenvalue weighted by Gasteiger charge is 2.41. The molecule has 6 heteroatoms. The molecule has 92 valence electrons. The molecule has 1 amide bonds. The highest BCUT2D eigenvalue weighted by molar-refractivity contribution is 7.90. The van der Waals surface area contributed by atoms with Gasteiger partial charge in [-0.05, 0) is 18.6 Å². The average Bonchev–Trinajstić information content (AvgIpc) is 2.51. The summed E-state index contributed by atoms with van der Waals surface area (Å²) in [5.74, 6) is -0.438. The van der Waals surface area contributed by atoms with Crippen molar-refractivity contribution in [2.24, 2.45) is 0 Å². The van der Waals surface area contributed by atoms with Gasteiger partial charge in [0.15, 0.2) is 0 Å². The molecule has 0 bridgehead atoms. The number of hydrogen-bond acceptors (Lipinski definition) is 4. The Balaban J connectivity index is 2.66. The van der Waals surface area contributed by atoms with Gasteiger partial charge in [-0.3, -0.25) is 4.79 Å². The summed E-state index contributed by atoms with van der Waals surface area (Å²) in [6.45, 7) is 2.06. The summed E-state index contributed by atoms with van der Waals surface area (Å²) in [6.07, 6.45) is 0.605. The van der Waals surface area contributed by atoms with E-state index in [1.807, 2.05) is 6.92 Å². The van der Waals surface area contributed by atoms with Crippen LogP contribution in [0.1, 0.15) is 23.7 Å². The molecule has 1 aromatic carbocycles. The Morgan fingerprint density at radius 1 is 1.35 bits per heavy atom. The van der Waals surface area contributed by atoms with Crippen molar-refractivity contribution in [2.45, 2.75) is 18.2 Å². The summed E-state index contributed by atoms with van der Waals surface area (Å²) >= 11 is 0. The van der Waals surface area contributed by atoms with Gasteiger partial charge in [-0.1, -0.05) is 13.0 Å². The molecule has 17 heavy (non-hydrogen) atoms. The lowest BCUT2D eigenvalue weighted by Crippen LogP contribution is -2.30. The van der Waals surface area contributed by atoms with Crippen LogP contribution in [-0.4, -0.2) is 32.2 Å². The maximum absolute atomic E-state index is 12.1. The number of anilines is 1. The number of carbonyl (C=O) groups is 1. The average molecular weight is 254 g/mol. The topological polar surface area (TPSA) is 66.5 Å². The molecule has 0 fully saturated rings. The third-order valence-electron chi connectivity index (χ3n) is 2.73. The molecule has 0 atom stereocenters. The Morgan fingerprint density at radius 3 is 2.65 bits per heavy atom. The Bertz CT molecular complexity index is 566. The van der Waals surface area contributed by atoms with Gasteiger partial charge in [0.1, 0.15) is 4.90 Å². The van der Waals surface area contributed by atoms with Crippen LogP contribution in [0.4, 0.5) is 5.69 Å². The fourth-order valence-electron chi connectivity index (χ4n) is 1.95. The van der Waals surface area contributed by atoms with E-state index in [9.17, 15) is 13.2 Å². The first-order valence-electron chi connectivity index (χ1n) is 5.42. The van der Waals surface area contributed by atoms with E-state index in [-0.39, 0.29) is 17.0 Å². The minimum Gasteiger partial charge on any atom is -0.387 e. The smallest absolute Gasteiger partial charge is 0.271 e. The van der Waals surface area contributed by atoms with Crippen LogP contribution in [-0.2, 0) is 10.0 Å². The summed E-state index contributed by atoms with van der Waals surface area (Å²) in [6, 6.07) is 4.80. The number of nitrogens with one attached hydrogen (secondary N) is 1. The molecule has 0 aromatic heterocycles. The van der Waals surface area contributed by atoms with Gasteiger partial charge in [0, 0.05) is 19.3 Å². The molecular weight excluding hydrogens is 240 g/mol. The van der Waals surface area contributed by atoms with Gasteiger partial charge in [-0.2, -0.15) is 0 Å². The van der Waals surface area contributed by atoms with Crippen LogP contribution in [0.3, 0.4) is 0 Å². The van der Waals surface area contributed by atoms with Crippen molar-refractivity contribution in [2.75, 3.05) is 18.9 Å². The molecule has 0 saturated heterocycles. The lowest BCUT2D eigenvalue weighted by molar-refractivity contribution is 0.0872. The first-order valence-corrected chi connectivity index (χ1v) is 6.86. The number of rotatable bonds is 3. The molecule has 5 nitrogen and oxygen atoms in total. The fraction of sp³-hybridized carbons (Fsp3) is 0.364. The number of sulfonamides is 1. The van der Waals surface area contributed by atoms with Crippen LogP contribution >= 0.6 is 0 Å². The van der Waals surface area contributed by atoms with Gasteiger partial charge in [0.05, 0.1) is 5.56 Å². The number of benzene rings is 1. The van der Waals surface area contributed by atoms with Crippen molar-refractivity contribution < 1.29 is 13.2 Å². The first kappa shape index (κ1) is 11.9. The maximum Gasteiger partial charge on any atom is 0.271 e. The van der Waals surface area contributed by atoms with E-state index in [1.54, 1.807) is 19.2 Å². The fourth-order valence-corrected chi connectivity index (χ4v) is 3.63. The van der Waals surface area contributed by atoms with E-state index in [0.29, 0.717) is 12.1 Å². The third kappa shape index (κ3) is 1.59. The summed E-state index contributed by atoms with van der Waals surface area (Å²) < 4.78 is 25.2. The second kappa shape index (κ2) is 4.03. The second-order valence-electron chi connectivity index (χ2n) is 3.81. The Hall–Kier alpha value is -1.56. The summed E-state index contributed by atoms with van der Waals surface area (Å²) in [5, 5.41) is 2.85. The van der Waals surface area contributed by atoms with Crippen LogP contribution in [0.25, 0.3) is 0 Å². The predicted molar refractivity (Wildman–Crippen MR) is 64.5 cm³/mol. The van der Waals surface area contributed by atoms with Crippen LogP contribution in [0.5, 0.6) is 0 Å². The zero-order chi connectivity index (χ0) is 12.6. The summed E-state index contributed by atoms with van der Waals surface area (Å²) in [5.41, 5.74) is 0.804. The van der Waals surface area contributed by atoms with Gasteiger partial charge in [-0.25, -0.2) is 12.7 Å². The highest BCUT2D eigenvalue weighted by atomic mass is 32.2. The molecule has 0 unspecified atom stereocenters. The van der Waals surface area contributed by atoms with E-state index >= 15 is 0 Å². The number of carbonyl (C=O) groups excluding carboxylic acids is 1. The van der Waals surface area contributed by atoms with E-state index in [0.717, 1.165) is 4.31 Å². The van der Waals surface area contributed by atoms with Gasteiger partial charge in [0.25, 0.3) is 15.9 Å². The van der Waals surface area contributed by atoms with Crippen LogP contribution < -0.4 is 5.32 Å². The van der Waals surface area contributed by atoms with Crippen molar-refractivity contribution in [3.63, 3.8) is 0 Å². The Labute approximate surface area is 100 Å². The molecule has 1 aliphatic heterocycles. The molecular formula is C11H14N2O3S. The Kier molecular flexibility index (Phi) is 2.82. The SMILES string of the molecule is CCCN1C(=O)c2c(NC)cccc2S1(=O)=O. The quantitative estimate of drug-likeness (QED) is 0.882. The van der Waals surface area contributed by atoms with Crippen molar-refractivity contribution >= 4 is 21.6 Å². The molecule has 1 heterocycles. The monoisotopic (exact) mass is 254 g/mol. The molecule has 0 radical (unpaired) electrons. The molecule has 0 aliphatic carbocycles.